The molecule has 118 valence electrons. The number of tetrazole rings is 1. The average Bonchev–Trinajstić information content (AvgIpc) is 2.95. The molecule has 1 atom stereocenters. The third-order valence-corrected chi connectivity index (χ3v) is 3.75. The molecule has 6 nitrogen and oxygen atoms in total. The van der Waals surface area contributed by atoms with Gasteiger partial charge >= 0.3 is 0 Å². The van der Waals surface area contributed by atoms with Gasteiger partial charge in [-0.2, -0.15) is 4.80 Å². The number of nitrogens with zero attached hydrogens (tertiary/aromatic N) is 4. The van der Waals surface area contributed by atoms with Gasteiger partial charge in [-0.3, -0.25) is 4.79 Å². The Morgan fingerprint density at radius 2 is 1.91 bits per heavy atom. The summed E-state index contributed by atoms with van der Waals surface area (Å²) in [5.74, 6) is 0.819. The van der Waals surface area contributed by atoms with Crippen molar-refractivity contribution in [2.45, 2.75) is 46.7 Å². The Balaban J connectivity index is 2.00. The van der Waals surface area contributed by atoms with Crippen molar-refractivity contribution < 1.29 is 4.79 Å². The van der Waals surface area contributed by atoms with Crippen molar-refractivity contribution in [1.82, 2.24) is 25.5 Å². The summed E-state index contributed by atoms with van der Waals surface area (Å²) in [5, 5.41) is 15.1. The quantitative estimate of drug-likeness (QED) is 0.886. The smallest absolute Gasteiger partial charge is 0.243 e. The van der Waals surface area contributed by atoms with E-state index in [1.165, 1.54) is 10.4 Å². The Kier molecular flexibility index (Phi) is 5.25. The van der Waals surface area contributed by atoms with E-state index in [0.717, 1.165) is 12.0 Å². The Hall–Kier alpha value is -2.24. The predicted molar refractivity (Wildman–Crippen MR) is 85.1 cm³/mol. The first-order valence-corrected chi connectivity index (χ1v) is 7.66. The van der Waals surface area contributed by atoms with Crippen LogP contribution in [-0.2, 0) is 17.8 Å². The second-order valence-corrected chi connectivity index (χ2v) is 5.79. The van der Waals surface area contributed by atoms with E-state index in [1.54, 1.807) is 0 Å². The highest BCUT2D eigenvalue weighted by Crippen LogP contribution is 2.14. The highest BCUT2D eigenvalue weighted by atomic mass is 16.2. The molecule has 1 amide bonds. The number of hydrogen-bond acceptors (Lipinski definition) is 4. The van der Waals surface area contributed by atoms with Gasteiger partial charge in [0.2, 0.25) is 11.7 Å². The summed E-state index contributed by atoms with van der Waals surface area (Å²) in [4.78, 5) is 13.2. The van der Waals surface area contributed by atoms with Gasteiger partial charge in [-0.15, -0.1) is 10.2 Å². The standard InChI is InChI=1S/C16H23N5O/c1-5-13-6-8-14(9-7-13)16-18-20-21(19-16)10-15(22)17-12(4)11(2)3/h6-9,11-12H,5,10H2,1-4H3,(H,17,22)/t12-/m1/s1. The van der Waals surface area contributed by atoms with Crippen LogP contribution in [0.5, 0.6) is 0 Å². The first-order chi connectivity index (χ1) is 10.5. The molecular formula is C16H23N5O. The molecule has 0 saturated carbocycles. The van der Waals surface area contributed by atoms with Crippen LogP contribution in [-0.4, -0.2) is 32.2 Å². The van der Waals surface area contributed by atoms with Gasteiger partial charge in [0, 0.05) is 11.6 Å². The molecule has 2 aromatic rings. The number of nitrogens with one attached hydrogen (secondary N) is 1. The lowest BCUT2D eigenvalue weighted by atomic mass is 10.1. The largest absolute Gasteiger partial charge is 0.352 e. The summed E-state index contributed by atoms with van der Waals surface area (Å²) in [5.41, 5.74) is 2.16. The van der Waals surface area contributed by atoms with Gasteiger partial charge in [-0.1, -0.05) is 45.0 Å². The molecule has 22 heavy (non-hydrogen) atoms. The zero-order valence-corrected chi connectivity index (χ0v) is 13.6. The molecule has 1 heterocycles. The Bertz CT molecular complexity index is 618. The maximum atomic E-state index is 11.9. The van der Waals surface area contributed by atoms with Crippen molar-refractivity contribution in [1.29, 1.82) is 0 Å². The molecule has 0 bridgehead atoms. The van der Waals surface area contributed by atoms with Crippen LogP contribution in [0.25, 0.3) is 11.4 Å². The minimum atomic E-state index is -0.105. The highest BCUT2D eigenvalue weighted by Gasteiger charge is 2.13. The number of aromatic nitrogens is 4. The summed E-state index contributed by atoms with van der Waals surface area (Å²) < 4.78 is 0. The normalized spacial score (nSPS) is 12.4. The van der Waals surface area contributed by atoms with E-state index in [1.807, 2.05) is 31.2 Å². The second kappa shape index (κ2) is 7.15. The van der Waals surface area contributed by atoms with Crippen LogP contribution in [0.2, 0.25) is 0 Å². The number of carbonyl (C=O) groups is 1. The van der Waals surface area contributed by atoms with Gasteiger partial charge < -0.3 is 5.32 Å². The Labute approximate surface area is 130 Å². The van der Waals surface area contributed by atoms with Gasteiger partial charge in [0.05, 0.1) is 0 Å². The van der Waals surface area contributed by atoms with E-state index < -0.39 is 0 Å². The molecule has 0 aliphatic heterocycles. The number of carbonyl (C=O) groups excluding carboxylic acids is 1. The SMILES string of the molecule is CCc1ccc(-c2nnn(CC(=O)N[C@H](C)C(C)C)n2)cc1. The van der Waals surface area contributed by atoms with Crippen LogP contribution < -0.4 is 5.32 Å². The van der Waals surface area contributed by atoms with E-state index >= 15 is 0 Å². The maximum Gasteiger partial charge on any atom is 0.243 e. The minimum Gasteiger partial charge on any atom is -0.352 e. The molecule has 0 saturated heterocycles. The van der Waals surface area contributed by atoms with E-state index in [2.05, 4.69) is 41.5 Å². The second-order valence-electron chi connectivity index (χ2n) is 5.79. The van der Waals surface area contributed by atoms with Crippen LogP contribution in [0.1, 0.15) is 33.3 Å². The predicted octanol–water partition coefficient (Wildman–Crippen LogP) is 2.06. The van der Waals surface area contributed by atoms with Crippen molar-refractivity contribution in [2.75, 3.05) is 0 Å². The van der Waals surface area contributed by atoms with E-state index in [4.69, 9.17) is 0 Å². The van der Waals surface area contributed by atoms with Crippen LogP contribution in [0.15, 0.2) is 24.3 Å². The number of hydrogen-bond donors (Lipinski definition) is 1. The van der Waals surface area contributed by atoms with E-state index in [0.29, 0.717) is 11.7 Å². The molecule has 0 spiro atoms. The van der Waals surface area contributed by atoms with Crippen molar-refractivity contribution in [3.05, 3.63) is 29.8 Å². The summed E-state index contributed by atoms with van der Waals surface area (Å²) in [6.07, 6.45) is 0.995. The zero-order chi connectivity index (χ0) is 16.1. The summed E-state index contributed by atoms with van der Waals surface area (Å²) >= 11 is 0. The van der Waals surface area contributed by atoms with Crippen molar-refractivity contribution >= 4 is 5.91 Å². The third kappa shape index (κ3) is 4.13. The number of amides is 1. The molecule has 0 fully saturated rings. The van der Waals surface area contributed by atoms with Gasteiger partial charge in [0.15, 0.2) is 0 Å². The molecule has 0 unspecified atom stereocenters. The number of aryl methyl sites for hydroxylation is 1. The zero-order valence-electron chi connectivity index (χ0n) is 13.6. The summed E-state index contributed by atoms with van der Waals surface area (Å²) in [6, 6.07) is 8.17. The lowest BCUT2D eigenvalue weighted by Crippen LogP contribution is -2.38. The molecule has 1 N–H and O–H groups in total. The van der Waals surface area contributed by atoms with E-state index in [-0.39, 0.29) is 18.5 Å². The lowest BCUT2D eigenvalue weighted by molar-refractivity contribution is -0.123. The molecule has 0 aliphatic rings. The molecular weight excluding hydrogens is 278 g/mol. The molecule has 6 heteroatoms. The topological polar surface area (TPSA) is 72.7 Å². The lowest BCUT2D eigenvalue weighted by Gasteiger charge is -2.16. The monoisotopic (exact) mass is 301 g/mol. The van der Waals surface area contributed by atoms with Crippen LogP contribution >= 0.6 is 0 Å². The molecule has 0 radical (unpaired) electrons. The maximum absolute atomic E-state index is 11.9. The van der Waals surface area contributed by atoms with Gasteiger partial charge in [0.25, 0.3) is 0 Å². The van der Waals surface area contributed by atoms with Crippen LogP contribution in [0.4, 0.5) is 0 Å². The summed E-state index contributed by atoms with van der Waals surface area (Å²) in [6.45, 7) is 8.31. The number of benzene rings is 1. The fourth-order valence-corrected chi connectivity index (χ4v) is 1.91. The first-order valence-electron chi connectivity index (χ1n) is 7.66. The van der Waals surface area contributed by atoms with Crippen molar-refractivity contribution in [3.63, 3.8) is 0 Å². The Morgan fingerprint density at radius 1 is 1.23 bits per heavy atom. The van der Waals surface area contributed by atoms with Gasteiger partial charge in [0.1, 0.15) is 6.54 Å². The fraction of sp³-hybridized carbons (Fsp3) is 0.500. The molecule has 0 aliphatic carbocycles. The van der Waals surface area contributed by atoms with Crippen molar-refractivity contribution in [3.8, 4) is 11.4 Å². The third-order valence-electron chi connectivity index (χ3n) is 3.75. The van der Waals surface area contributed by atoms with E-state index in [9.17, 15) is 4.79 Å². The first kappa shape index (κ1) is 16.1. The highest BCUT2D eigenvalue weighted by molar-refractivity contribution is 5.75. The summed E-state index contributed by atoms with van der Waals surface area (Å²) in [7, 11) is 0. The number of rotatable bonds is 6. The van der Waals surface area contributed by atoms with Crippen LogP contribution in [0, 0.1) is 5.92 Å². The average molecular weight is 301 g/mol. The van der Waals surface area contributed by atoms with Crippen molar-refractivity contribution in [2.24, 2.45) is 5.92 Å². The molecule has 2 rings (SSSR count). The van der Waals surface area contributed by atoms with Gasteiger partial charge in [-0.25, -0.2) is 0 Å². The van der Waals surface area contributed by atoms with Gasteiger partial charge in [-0.05, 0) is 30.0 Å². The minimum absolute atomic E-state index is 0.0805. The molecule has 1 aromatic carbocycles. The Morgan fingerprint density at radius 3 is 2.50 bits per heavy atom. The molecule has 1 aromatic heterocycles. The van der Waals surface area contributed by atoms with Crippen LogP contribution in [0.3, 0.4) is 0 Å². The fourth-order valence-electron chi connectivity index (χ4n) is 1.91.